The molecule has 2 aliphatic rings. The van der Waals surface area contributed by atoms with Crippen molar-refractivity contribution >= 4 is 18.4 Å². The normalized spacial score (nSPS) is 19.7. The molecule has 2 aliphatic heterocycles. The van der Waals surface area contributed by atoms with Crippen molar-refractivity contribution in [1.82, 2.24) is 4.90 Å². The minimum Gasteiger partial charge on any atom is -0.454 e. The SMILES string of the molecule is O=CN1C(=O)CC/C1=C\c1ccc2c(c1)OCO2. The second-order valence-corrected chi connectivity index (χ2v) is 4.12. The maximum Gasteiger partial charge on any atom is 0.233 e. The molecule has 1 saturated heterocycles. The van der Waals surface area contributed by atoms with Gasteiger partial charge in [0.25, 0.3) is 0 Å². The Morgan fingerprint density at radius 2 is 2.00 bits per heavy atom. The lowest BCUT2D eigenvalue weighted by Gasteiger charge is -2.08. The van der Waals surface area contributed by atoms with E-state index in [1.807, 2.05) is 24.3 Å². The van der Waals surface area contributed by atoms with Gasteiger partial charge >= 0.3 is 0 Å². The number of amides is 2. The summed E-state index contributed by atoms with van der Waals surface area (Å²) in [4.78, 5) is 23.4. The number of nitrogens with zero attached hydrogens (tertiary/aromatic N) is 1. The fourth-order valence-corrected chi connectivity index (χ4v) is 2.10. The van der Waals surface area contributed by atoms with Crippen LogP contribution in [-0.4, -0.2) is 24.0 Å². The van der Waals surface area contributed by atoms with Gasteiger partial charge in [0.05, 0.1) is 0 Å². The molecule has 18 heavy (non-hydrogen) atoms. The molecule has 3 rings (SSSR count). The van der Waals surface area contributed by atoms with Crippen LogP contribution in [0.15, 0.2) is 23.9 Å². The van der Waals surface area contributed by atoms with Crippen LogP contribution in [0.2, 0.25) is 0 Å². The van der Waals surface area contributed by atoms with Crippen molar-refractivity contribution in [2.45, 2.75) is 12.8 Å². The highest BCUT2D eigenvalue weighted by atomic mass is 16.7. The summed E-state index contributed by atoms with van der Waals surface area (Å²) in [5.41, 5.74) is 1.60. The summed E-state index contributed by atoms with van der Waals surface area (Å²) in [7, 11) is 0. The Labute approximate surface area is 104 Å². The summed E-state index contributed by atoms with van der Waals surface area (Å²) >= 11 is 0. The van der Waals surface area contributed by atoms with Crippen LogP contribution in [0.1, 0.15) is 18.4 Å². The van der Waals surface area contributed by atoms with Gasteiger partial charge in [0.1, 0.15) is 0 Å². The first-order chi connectivity index (χ1) is 8.78. The van der Waals surface area contributed by atoms with Gasteiger partial charge in [-0.05, 0) is 30.2 Å². The second kappa shape index (κ2) is 4.18. The molecule has 0 aromatic heterocycles. The van der Waals surface area contributed by atoms with Crippen molar-refractivity contribution in [2.24, 2.45) is 0 Å². The monoisotopic (exact) mass is 245 g/mol. The number of allylic oxidation sites excluding steroid dienone is 1. The van der Waals surface area contributed by atoms with Crippen molar-refractivity contribution in [2.75, 3.05) is 6.79 Å². The molecular formula is C13H11NO4. The smallest absolute Gasteiger partial charge is 0.233 e. The Balaban J connectivity index is 1.92. The molecule has 0 unspecified atom stereocenters. The van der Waals surface area contributed by atoms with E-state index in [0.717, 1.165) is 10.5 Å². The van der Waals surface area contributed by atoms with E-state index in [9.17, 15) is 9.59 Å². The molecule has 2 amide bonds. The van der Waals surface area contributed by atoms with E-state index in [-0.39, 0.29) is 12.7 Å². The fourth-order valence-electron chi connectivity index (χ4n) is 2.10. The van der Waals surface area contributed by atoms with Gasteiger partial charge in [0.15, 0.2) is 11.5 Å². The third-order valence-corrected chi connectivity index (χ3v) is 3.01. The number of carbonyl (C=O) groups is 2. The summed E-state index contributed by atoms with van der Waals surface area (Å²) in [6, 6.07) is 5.52. The highest BCUT2D eigenvalue weighted by Gasteiger charge is 2.25. The van der Waals surface area contributed by atoms with Crippen LogP contribution < -0.4 is 9.47 Å². The van der Waals surface area contributed by atoms with Crippen LogP contribution in [0.25, 0.3) is 6.08 Å². The molecule has 0 atom stereocenters. The number of likely N-dealkylation sites (tertiary alicyclic amines) is 1. The molecule has 0 radical (unpaired) electrons. The fraction of sp³-hybridized carbons (Fsp3) is 0.231. The number of ether oxygens (including phenoxy) is 2. The lowest BCUT2D eigenvalue weighted by molar-refractivity contribution is -0.133. The maximum atomic E-state index is 11.4. The molecule has 0 N–H and O–H groups in total. The largest absolute Gasteiger partial charge is 0.454 e. The van der Waals surface area contributed by atoms with Crippen molar-refractivity contribution < 1.29 is 19.1 Å². The van der Waals surface area contributed by atoms with Gasteiger partial charge in [0.2, 0.25) is 19.1 Å². The summed E-state index contributed by atoms with van der Waals surface area (Å²) in [6.45, 7) is 0.230. The first-order valence-corrected chi connectivity index (χ1v) is 5.65. The first kappa shape index (κ1) is 10.8. The van der Waals surface area contributed by atoms with Gasteiger partial charge < -0.3 is 9.47 Å². The van der Waals surface area contributed by atoms with Crippen LogP contribution in [0.4, 0.5) is 0 Å². The van der Waals surface area contributed by atoms with Crippen LogP contribution in [-0.2, 0) is 9.59 Å². The molecule has 0 spiro atoms. The zero-order valence-electron chi connectivity index (χ0n) is 9.59. The van der Waals surface area contributed by atoms with Gasteiger partial charge in [-0.15, -0.1) is 0 Å². The van der Waals surface area contributed by atoms with E-state index >= 15 is 0 Å². The maximum absolute atomic E-state index is 11.4. The van der Waals surface area contributed by atoms with Crippen molar-refractivity contribution in [3.63, 3.8) is 0 Å². The molecule has 5 heteroatoms. The lowest BCUT2D eigenvalue weighted by Crippen LogP contribution is -2.20. The van der Waals surface area contributed by atoms with Crippen LogP contribution >= 0.6 is 0 Å². The molecule has 5 nitrogen and oxygen atoms in total. The second-order valence-electron chi connectivity index (χ2n) is 4.12. The molecule has 2 heterocycles. The highest BCUT2D eigenvalue weighted by molar-refractivity contribution is 5.92. The zero-order valence-corrected chi connectivity index (χ0v) is 9.59. The molecule has 0 saturated carbocycles. The molecule has 1 aromatic rings. The minimum atomic E-state index is -0.156. The van der Waals surface area contributed by atoms with Gasteiger partial charge in [-0.2, -0.15) is 0 Å². The molecule has 0 bridgehead atoms. The Bertz CT molecular complexity index is 550. The molecule has 1 aromatic carbocycles. The van der Waals surface area contributed by atoms with Gasteiger partial charge in [-0.1, -0.05) is 6.07 Å². The Kier molecular flexibility index (Phi) is 2.51. The number of rotatable bonds is 2. The third kappa shape index (κ3) is 1.73. The zero-order chi connectivity index (χ0) is 12.5. The third-order valence-electron chi connectivity index (χ3n) is 3.01. The molecule has 0 aliphatic carbocycles. The van der Waals surface area contributed by atoms with Crippen LogP contribution in [0, 0.1) is 0 Å². The summed E-state index contributed by atoms with van der Waals surface area (Å²) in [5, 5.41) is 0. The number of imide groups is 1. The Morgan fingerprint density at radius 1 is 1.17 bits per heavy atom. The minimum absolute atomic E-state index is 0.156. The molecular weight excluding hydrogens is 234 g/mol. The van der Waals surface area contributed by atoms with Crippen molar-refractivity contribution in [1.29, 1.82) is 0 Å². The standard InChI is InChI=1S/C13H11NO4/c15-7-14-10(2-4-13(14)16)5-9-1-3-11-12(6-9)18-8-17-11/h1,3,5-7H,2,4,8H2/b10-5+. The van der Waals surface area contributed by atoms with E-state index in [2.05, 4.69) is 0 Å². The van der Waals surface area contributed by atoms with E-state index in [0.29, 0.717) is 36.4 Å². The highest BCUT2D eigenvalue weighted by Crippen LogP contribution is 2.33. The topological polar surface area (TPSA) is 55.8 Å². The van der Waals surface area contributed by atoms with Crippen LogP contribution in [0.5, 0.6) is 11.5 Å². The van der Waals surface area contributed by atoms with E-state index in [4.69, 9.17) is 9.47 Å². The number of hydrogen-bond donors (Lipinski definition) is 0. The Hall–Kier alpha value is -2.30. The van der Waals surface area contributed by atoms with Crippen LogP contribution in [0.3, 0.4) is 0 Å². The van der Waals surface area contributed by atoms with E-state index in [1.54, 1.807) is 0 Å². The van der Waals surface area contributed by atoms with E-state index in [1.165, 1.54) is 0 Å². The average Bonchev–Trinajstić information content (AvgIpc) is 2.96. The predicted molar refractivity (Wildman–Crippen MR) is 62.7 cm³/mol. The summed E-state index contributed by atoms with van der Waals surface area (Å²) < 4.78 is 10.5. The quantitative estimate of drug-likeness (QED) is 0.741. The van der Waals surface area contributed by atoms with E-state index < -0.39 is 0 Å². The van der Waals surface area contributed by atoms with Gasteiger partial charge in [0, 0.05) is 12.1 Å². The number of fused-ring (bicyclic) bond motifs is 1. The average molecular weight is 245 g/mol. The summed E-state index contributed by atoms with van der Waals surface area (Å²) in [5.74, 6) is 1.25. The van der Waals surface area contributed by atoms with Gasteiger partial charge in [-0.25, -0.2) is 0 Å². The number of benzene rings is 1. The predicted octanol–water partition coefficient (Wildman–Crippen LogP) is 1.53. The van der Waals surface area contributed by atoms with Gasteiger partial charge in [-0.3, -0.25) is 14.5 Å². The summed E-state index contributed by atoms with van der Waals surface area (Å²) in [6.07, 6.45) is 3.36. The number of carbonyl (C=O) groups excluding carboxylic acids is 2. The number of hydrogen-bond acceptors (Lipinski definition) is 4. The molecule has 1 fully saturated rings. The lowest BCUT2D eigenvalue weighted by atomic mass is 10.1. The van der Waals surface area contributed by atoms with Crippen molar-refractivity contribution in [3.8, 4) is 11.5 Å². The Morgan fingerprint density at radius 3 is 2.83 bits per heavy atom. The van der Waals surface area contributed by atoms with Crippen molar-refractivity contribution in [3.05, 3.63) is 29.5 Å². The first-order valence-electron chi connectivity index (χ1n) is 5.65. The molecule has 92 valence electrons.